The van der Waals surface area contributed by atoms with Crippen LogP contribution in [0.4, 0.5) is 0 Å². The second-order valence-electron chi connectivity index (χ2n) is 5.31. The van der Waals surface area contributed by atoms with Gasteiger partial charge in [-0.2, -0.15) is 10.3 Å². The number of ether oxygens (including phenoxy) is 2. The number of nitrogens with zero attached hydrogens (tertiary/aromatic N) is 2. The third-order valence-corrected chi connectivity index (χ3v) is 3.47. The zero-order valence-electron chi connectivity index (χ0n) is 13.6. The van der Waals surface area contributed by atoms with Crippen molar-refractivity contribution in [2.24, 2.45) is 0 Å². The Bertz CT molecular complexity index is 677. The van der Waals surface area contributed by atoms with E-state index in [0.717, 1.165) is 22.4 Å². The molecule has 0 aliphatic rings. The van der Waals surface area contributed by atoms with Crippen LogP contribution >= 0.6 is 0 Å². The van der Waals surface area contributed by atoms with Crippen LogP contribution < -0.4 is 4.74 Å². The van der Waals surface area contributed by atoms with Crippen LogP contribution in [0, 0.1) is 6.92 Å². The maximum atomic E-state index is 12.0. The van der Waals surface area contributed by atoms with Crippen molar-refractivity contribution in [2.75, 3.05) is 13.7 Å². The SMILES string of the molecule is CCOC(=O)c1n[nH]nc1-c1cc(C(C)C)c(OC)cc1C. The summed E-state index contributed by atoms with van der Waals surface area (Å²) in [6.45, 7) is 8.18. The van der Waals surface area contributed by atoms with Crippen molar-refractivity contribution in [3.05, 3.63) is 29.0 Å². The summed E-state index contributed by atoms with van der Waals surface area (Å²) >= 11 is 0. The van der Waals surface area contributed by atoms with Crippen LogP contribution in [0.2, 0.25) is 0 Å². The van der Waals surface area contributed by atoms with Crippen LogP contribution in [0.15, 0.2) is 12.1 Å². The maximum absolute atomic E-state index is 12.0. The predicted octanol–water partition coefficient (Wildman–Crippen LogP) is 3.09. The number of esters is 1. The quantitative estimate of drug-likeness (QED) is 0.859. The van der Waals surface area contributed by atoms with Gasteiger partial charge in [0.15, 0.2) is 5.69 Å². The van der Waals surface area contributed by atoms with Gasteiger partial charge in [-0.1, -0.05) is 13.8 Å². The number of carbonyl (C=O) groups excluding carboxylic acids is 1. The number of aryl methyl sites for hydroxylation is 1. The summed E-state index contributed by atoms with van der Waals surface area (Å²) in [6, 6.07) is 3.95. The Morgan fingerprint density at radius 1 is 1.32 bits per heavy atom. The molecule has 1 N–H and O–H groups in total. The first-order chi connectivity index (χ1) is 10.5. The smallest absolute Gasteiger partial charge is 0.361 e. The topological polar surface area (TPSA) is 77.1 Å². The van der Waals surface area contributed by atoms with E-state index in [4.69, 9.17) is 9.47 Å². The van der Waals surface area contributed by atoms with E-state index in [-0.39, 0.29) is 11.6 Å². The standard InChI is InChI=1S/C16H21N3O3/c1-6-22-16(20)15-14(17-19-18-15)12-8-11(9(2)3)13(21-5)7-10(12)4/h7-9H,6H2,1-5H3,(H,17,18,19). The summed E-state index contributed by atoms with van der Waals surface area (Å²) in [7, 11) is 1.65. The van der Waals surface area contributed by atoms with Gasteiger partial charge < -0.3 is 9.47 Å². The highest BCUT2D eigenvalue weighted by Crippen LogP contribution is 2.34. The van der Waals surface area contributed by atoms with E-state index in [1.807, 2.05) is 19.1 Å². The fourth-order valence-electron chi connectivity index (χ4n) is 2.34. The molecule has 22 heavy (non-hydrogen) atoms. The number of aromatic amines is 1. The number of rotatable bonds is 5. The normalized spacial score (nSPS) is 10.8. The molecule has 0 spiro atoms. The van der Waals surface area contributed by atoms with Crippen LogP contribution in [0.3, 0.4) is 0 Å². The lowest BCUT2D eigenvalue weighted by atomic mass is 9.94. The van der Waals surface area contributed by atoms with Crippen molar-refractivity contribution in [2.45, 2.75) is 33.6 Å². The van der Waals surface area contributed by atoms with E-state index in [9.17, 15) is 4.79 Å². The van der Waals surface area contributed by atoms with Gasteiger partial charge in [-0.15, -0.1) is 5.10 Å². The Morgan fingerprint density at radius 3 is 2.64 bits per heavy atom. The molecule has 1 heterocycles. The number of hydrogen-bond acceptors (Lipinski definition) is 5. The van der Waals surface area contributed by atoms with Gasteiger partial charge in [0.25, 0.3) is 0 Å². The summed E-state index contributed by atoms with van der Waals surface area (Å²) in [4.78, 5) is 12.0. The van der Waals surface area contributed by atoms with Gasteiger partial charge in [0, 0.05) is 5.56 Å². The average molecular weight is 303 g/mol. The number of hydrogen-bond donors (Lipinski definition) is 1. The van der Waals surface area contributed by atoms with Crippen molar-refractivity contribution in [3.63, 3.8) is 0 Å². The molecule has 0 radical (unpaired) electrons. The number of benzene rings is 1. The summed E-state index contributed by atoms with van der Waals surface area (Å²) in [5.74, 6) is 0.636. The van der Waals surface area contributed by atoms with Crippen molar-refractivity contribution < 1.29 is 14.3 Å². The molecule has 0 fully saturated rings. The number of nitrogens with one attached hydrogen (secondary N) is 1. The van der Waals surface area contributed by atoms with Crippen molar-refractivity contribution in [1.82, 2.24) is 15.4 Å². The first-order valence-corrected chi connectivity index (χ1v) is 7.26. The van der Waals surface area contributed by atoms with Gasteiger partial charge in [0.2, 0.25) is 0 Å². The highest BCUT2D eigenvalue weighted by atomic mass is 16.5. The highest BCUT2D eigenvalue weighted by Gasteiger charge is 2.22. The van der Waals surface area contributed by atoms with Gasteiger partial charge in [-0.3, -0.25) is 0 Å². The fraction of sp³-hybridized carbons (Fsp3) is 0.438. The van der Waals surface area contributed by atoms with Crippen LogP contribution in [-0.2, 0) is 4.74 Å². The molecule has 0 saturated carbocycles. The molecule has 6 heteroatoms. The lowest BCUT2D eigenvalue weighted by Gasteiger charge is -2.15. The van der Waals surface area contributed by atoms with E-state index in [1.54, 1.807) is 14.0 Å². The molecule has 0 aliphatic carbocycles. The largest absolute Gasteiger partial charge is 0.496 e. The van der Waals surface area contributed by atoms with E-state index >= 15 is 0 Å². The minimum Gasteiger partial charge on any atom is -0.496 e. The maximum Gasteiger partial charge on any atom is 0.361 e. The van der Waals surface area contributed by atoms with Crippen molar-refractivity contribution in [3.8, 4) is 17.0 Å². The molecule has 2 aromatic rings. The predicted molar refractivity (Wildman–Crippen MR) is 83.2 cm³/mol. The number of aromatic nitrogens is 3. The van der Waals surface area contributed by atoms with Gasteiger partial charge in [-0.25, -0.2) is 4.79 Å². The molecular formula is C16H21N3O3. The lowest BCUT2D eigenvalue weighted by molar-refractivity contribution is 0.0520. The summed E-state index contributed by atoms with van der Waals surface area (Å²) in [6.07, 6.45) is 0. The molecule has 1 aromatic heterocycles. The molecule has 6 nitrogen and oxygen atoms in total. The Balaban J connectivity index is 2.56. The third kappa shape index (κ3) is 2.95. The number of carbonyl (C=O) groups is 1. The Morgan fingerprint density at radius 2 is 2.05 bits per heavy atom. The van der Waals surface area contributed by atoms with Gasteiger partial charge in [0.1, 0.15) is 11.4 Å². The first-order valence-electron chi connectivity index (χ1n) is 7.26. The summed E-state index contributed by atoms with van der Waals surface area (Å²) < 4.78 is 10.5. The Labute approximate surface area is 129 Å². The van der Waals surface area contributed by atoms with Gasteiger partial charge in [-0.05, 0) is 43.0 Å². The van der Waals surface area contributed by atoms with E-state index < -0.39 is 5.97 Å². The zero-order chi connectivity index (χ0) is 16.3. The highest BCUT2D eigenvalue weighted by molar-refractivity contribution is 5.94. The average Bonchev–Trinajstić information content (AvgIpc) is 2.96. The Hall–Kier alpha value is -2.37. The van der Waals surface area contributed by atoms with E-state index in [0.29, 0.717) is 12.3 Å². The molecule has 0 unspecified atom stereocenters. The molecule has 0 aliphatic heterocycles. The molecule has 118 valence electrons. The van der Waals surface area contributed by atoms with Gasteiger partial charge in [0.05, 0.1) is 13.7 Å². The Kier molecular flexibility index (Phi) is 4.80. The minimum absolute atomic E-state index is 0.199. The summed E-state index contributed by atoms with van der Waals surface area (Å²) in [5.41, 5.74) is 3.56. The van der Waals surface area contributed by atoms with Crippen molar-refractivity contribution in [1.29, 1.82) is 0 Å². The molecular weight excluding hydrogens is 282 g/mol. The van der Waals surface area contributed by atoms with Crippen molar-refractivity contribution >= 4 is 5.97 Å². The van der Waals surface area contributed by atoms with E-state index in [2.05, 4.69) is 29.3 Å². The number of methoxy groups -OCH3 is 1. The van der Waals surface area contributed by atoms with E-state index in [1.165, 1.54) is 0 Å². The zero-order valence-corrected chi connectivity index (χ0v) is 13.6. The molecule has 1 aromatic carbocycles. The second kappa shape index (κ2) is 6.60. The first kappa shape index (κ1) is 16.0. The molecule has 0 atom stereocenters. The van der Waals surface area contributed by atoms with Crippen LogP contribution in [0.5, 0.6) is 5.75 Å². The second-order valence-corrected chi connectivity index (χ2v) is 5.31. The minimum atomic E-state index is -0.479. The lowest BCUT2D eigenvalue weighted by Crippen LogP contribution is -2.07. The monoisotopic (exact) mass is 303 g/mol. The molecule has 0 amide bonds. The molecule has 2 rings (SSSR count). The molecule has 0 saturated heterocycles. The summed E-state index contributed by atoms with van der Waals surface area (Å²) in [5, 5.41) is 10.6. The van der Waals surface area contributed by atoms with Crippen LogP contribution in [0.1, 0.15) is 48.3 Å². The number of H-pyrrole nitrogens is 1. The molecule has 0 bridgehead atoms. The fourth-order valence-corrected chi connectivity index (χ4v) is 2.34. The van der Waals surface area contributed by atoms with Gasteiger partial charge >= 0.3 is 5.97 Å². The van der Waals surface area contributed by atoms with Crippen LogP contribution in [0.25, 0.3) is 11.3 Å². The third-order valence-electron chi connectivity index (χ3n) is 3.47. The van der Waals surface area contributed by atoms with Crippen LogP contribution in [-0.4, -0.2) is 35.1 Å².